The fourth-order valence-corrected chi connectivity index (χ4v) is 10.1. The van der Waals surface area contributed by atoms with E-state index in [0.29, 0.717) is 12.1 Å². The van der Waals surface area contributed by atoms with Crippen LogP contribution in [0.1, 0.15) is 85.4 Å². The number of nitrogens with one attached hydrogen (secondary N) is 3. The second kappa shape index (κ2) is 18.6. The molecule has 18 nitrogen and oxygen atoms in total. The summed E-state index contributed by atoms with van der Waals surface area (Å²) in [7, 11) is 0. The van der Waals surface area contributed by atoms with E-state index in [2.05, 4.69) is 16.0 Å². The van der Waals surface area contributed by atoms with Crippen LogP contribution in [0, 0.1) is 16.7 Å². The van der Waals surface area contributed by atoms with E-state index in [9.17, 15) is 44.4 Å². The average Bonchev–Trinajstić information content (AvgIpc) is 3.23. The molecule has 65 heavy (non-hydrogen) atoms. The number of Topliss-reactive ketones (excluding diaryl/α,β-unsaturated/α-hetero) is 1. The van der Waals surface area contributed by atoms with Crippen molar-refractivity contribution in [1.29, 1.82) is 0 Å². The van der Waals surface area contributed by atoms with E-state index in [4.69, 9.17) is 23.7 Å². The number of hydrogen-bond acceptors (Lipinski definition) is 16. The van der Waals surface area contributed by atoms with Crippen LogP contribution in [0.5, 0.6) is 0 Å². The lowest BCUT2D eigenvalue weighted by molar-refractivity contribution is -0.347. The van der Waals surface area contributed by atoms with E-state index >= 15 is 4.79 Å². The van der Waals surface area contributed by atoms with Crippen LogP contribution in [-0.4, -0.2) is 129 Å². The predicted molar refractivity (Wildman–Crippen MR) is 229 cm³/mol. The summed E-state index contributed by atoms with van der Waals surface area (Å²) in [4.78, 5) is 82.1. The number of rotatable bonds is 13. The van der Waals surface area contributed by atoms with Crippen molar-refractivity contribution in [1.82, 2.24) is 16.0 Å². The van der Waals surface area contributed by atoms with Crippen molar-refractivity contribution in [3.63, 3.8) is 0 Å². The molecule has 7 N–H and O–H groups in total. The largest absolute Gasteiger partial charge is 0.457 e. The summed E-state index contributed by atoms with van der Waals surface area (Å²) in [6.07, 6.45) is -12.0. The number of esters is 3. The number of aliphatic hydroxyl groups excluding tert-OH is 3. The Morgan fingerprint density at radius 1 is 0.938 bits per heavy atom. The highest BCUT2D eigenvalue weighted by Crippen LogP contribution is 2.64. The van der Waals surface area contributed by atoms with Gasteiger partial charge in [-0.3, -0.25) is 19.2 Å². The van der Waals surface area contributed by atoms with E-state index in [1.165, 1.54) is 27.7 Å². The molecule has 2 aromatic rings. The number of benzene rings is 2. The van der Waals surface area contributed by atoms with Crippen molar-refractivity contribution in [2.24, 2.45) is 16.7 Å². The molecule has 4 aliphatic rings. The summed E-state index contributed by atoms with van der Waals surface area (Å²) in [6, 6.07) is 16.0. The van der Waals surface area contributed by atoms with Crippen LogP contribution >= 0.6 is 0 Å². The van der Waals surface area contributed by atoms with Crippen LogP contribution in [0.4, 0.5) is 4.79 Å². The molecule has 2 amide bonds. The second-order valence-electron chi connectivity index (χ2n) is 19.2. The minimum atomic E-state index is -2.44. The Hall–Kier alpha value is -5.24. The smallest absolute Gasteiger partial charge is 0.408 e. The summed E-state index contributed by atoms with van der Waals surface area (Å²) in [5.41, 5.74) is -7.76. The zero-order valence-corrected chi connectivity index (χ0v) is 37.9. The first-order valence-corrected chi connectivity index (χ1v) is 21.7. The molecular formula is C47H61N3O15. The van der Waals surface area contributed by atoms with Gasteiger partial charge < -0.3 is 60.1 Å². The molecule has 3 aliphatic carbocycles. The van der Waals surface area contributed by atoms with Crippen LogP contribution in [-0.2, 0) is 54.2 Å². The van der Waals surface area contributed by atoms with Gasteiger partial charge in [-0.05, 0) is 56.9 Å². The maximum Gasteiger partial charge on any atom is 0.408 e. The Bertz CT molecular complexity index is 2180. The van der Waals surface area contributed by atoms with E-state index in [1.807, 2.05) is 30.3 Å². The van der Waals surface area contributed by atoms with E-state index < -0.39 is 125 Å². The monoisotopic (exact) mass is 907 g/mol. The quantitative estimate of drug-likeness (QED) is 0.0859. The lowest BCUT2D eigenvalue weighted by atomic mass is 9.44. The Kier molecular flexibility index (Phi) is 14.1. The fraction of sp³-hybridized carbons (Fsp3) is 0.574. The van der Waals surface area contributed by atoms with Gasteiger partial charge >= 0.3 is 24.0 Å². The van der Waals surface area contributed by atoms with E-state index in [-0.39, 0.29) is 30.7 Å². The minimum absolute atomic E-state index is 0.115. The number of ketones is 1. The van der Waals surface area contributed by atoms with Gasteiger partial charge in [-0.25, -0.2) is 9.59 Å². The molecular weight excluding hydrogens is 847 g/mol. The molecule has 354 valence electrons. The summed E-state index contributed by atoms with van der Waals surface area (Å²) < 4.78 is 29.4. The summed E-state index contributed by atoms with van der Waals surface area (Å²) in [6.45, 7) is 11.0. The molecule has 2 unspecified atom stereocenters. The number of hydrogen-bond donors (Lipinski definition) is 7. The van der Waals surface area contributed by atoms with Crippen molar-refractivity contribution in [2.45, 2.75) is 134 Å². The number of ether oxygens (including phenoxy) is 5. The van der Waals surface area contributed by atoms with Gasteiger partial charge in [-0.1, -0.05) is 74.5 Å². The highest BCUT2D eigenvalue weighted by Gasteiger charge is 2.78. The van der Waals surface area contributed by atoms with Gasteiger partial charge in [0.1, 0.15) is 42.2 Å². The van der Waals surface area contributed by atoms with Gasteiger partial charge in [-0.15, -0.1) is 0 Å². The first-order chi connectivity index (χ1) is 30.4. The fourth-order valence-electron chi connectivity index (χ4n) is 10.1. The summed E-state index contributed by atoms with van der Waals surface area (Å²) >= 11 is 0. The van der Waals surface area contributed by atoms with E-state index in [0.717, 1.165) is 12.5 Å². The van der Waals surface area contributed by atoms with Crippen LogP contribution < -0.4 is 16.0 Å². The predicted octanol–water partition coefficient (Wildman–Crippen LogP) is 1.85. The Morgan fingerprint density at radius 2 is 1.57 bits per heavy atom. The first kappa shape index (κ1) is 49.2. The normalized spacial score (nSPS) is 31.2. The molecule has 1 heterocycles. The number of fused-ring (bicyclic) bond motifs is 5. The molecule has 2 saturated carbocycles. The highest BCUT2D eigenvalue weighted by atomic mass is 16.6. The second-order valence-corrected chi connectivity index (χ2v) is 19.2. The Balaban J connectivity index is 1.39. The Morgan fingerprint density at radius 3 is 2.15 bits per heavy atom. The molecule has 11 atom stereocenters. The SMILES string of the molecule is CC(=O)O[C@@]12COC1C[C@H](O)[C@@]1(C)C(=O)[C@H](O)C3=C(C)[C@@H](OC(=O)[C@H](O)[C@@H](NC(=O)OC(C)(C)C)c4ccccc4)C[C@@](O)([C@@H](OC(=O)CNC(=O)CNCc4ccccc4)C21)C3(C)C. The third-order valence-electron chi connectivity index (χ3n) is 13.5. The maximum absolute atomic E-state index is 15.0. The topological polar surface area (TPSA) is 266 Å². The average molecular weight is 908 g/mol. The molecule has 3 fully saturated rings. The number of aliphatic hydroxyl groups is 4. The van der Waals surface area contributed by atoms with Crippen molar-refractivity contribution < 1.29 is 72.9 Å². The molecule has 1 aliphatic heterocycles. The maximum atomic E-state index is 15.0. The molecule has 18 heteroatoms. The third kappa shape index (κ3) is 9.42. The van der Waals surface area contributed by atoms with Crippen molar-refractivity contribution >= 4 is 35.7 Å². The summed E-state index contributed by atoms with van der Waals surface area (Å²) in [5, 5.41) is 57.3. The number of carbonyl (C=O) groups excluding carboxylic acids is 6. The molecule has 0 radical (unpaired) electrons. The molecule has 0 aromatic heterocycles. The molecule has 0 spiro atoms. The third-order valence-corrected chi connectivity index (χ3v) is 13.5. The molecule has 2 bridgehead atoms. The van der Waals surface area contributed by atoms with Crippen LogP contribution in [0.15, 0.2) is 71.8 Å². The van der Waals surface area contributed by atoms with Crippen LogP contribution in [0.25, 0.3) is 0 Å². The lowest BCUT2D eigenvalue weighted by Gasteiger charge is -2.67. The van der Waals surface area contributed by atoms with Gasteiger partial charge in [0.25, 0.3) is 0 Å². The molecule has 1 saturated heterocycles. The zero-order chi connectivity index (χ0) is 47.9. The van der Waals surface area contributed by atoms with Gasteiger partial charge in [0, 0.05) is 31.7 Å². The Labute approximate surface area is 377 Å². The number of alkyl carbamates (subject to hydrolysis) is 1. The van der Waals surface area contributed by atoms with Crippen molar-refractivity contribution in [2.75, 3.05) is 19.7 Å². The first-order valence-electron chi connectivity index (χ1n) is 21.7. The van der Waals surface area contributed by atoms with Crippen molar-refractivity contribution in [3.8, 4) is 0 Å². The highest BCUT2D eigenvalue weighted by molar-refractivity contribution is 5.93. The minimum Gasteiger partial charge on any atom is -0.457 e. The van der Waals surface area contributed by atoms with Gasteiger partial charge in [0.2, 0.25) is 5.91 Å². The van der Waals surface area contributed by atoms with Crippen molar-refractivity contribution in [3.05, 3.63) is 82.9 Å². The van der Waals surface area contributed by atoms with E-state index in [1.54, 1.807) is 51.1 Å². The zero-order valence-electron chi connectivity index (χ0n) is 37.9. The van der Waals surface area contributed by atoms with Crippen LogP contribution in [0.2, 0.25) is 0 Å². The number of carbonyl (C=O) groups is 6. The molecule has 6 rings (SSSR count). The standard InChI is InChI=1S/C47H61N3O15/c1-25-29(62-41(58)37(56)35(28-17-13-10-14-18-28)50-42(59)65-43(3,4)5)20-47(60)40(63-33(54)23-49-32(53)22-48-21-27-15-11-9-12-16-27)38-45(8,39(57)36(55)34(25)44(47,6)7)30(52)19-31-46(38,24-61-31)64-26(2)51/h9-18,29-31,35-38,40,48,52,55-56,60H,19-24H2,1-8H3,(H,49,53)(H,50,59)/t29-,30-,31?,35-,36+,37+,38?,40-,45+,46-,47+/m0/s1. The number of amides is 2. The summed E-state index contributed by atoms with van der Waals surface area (Å²) in [5.74, 6) is -6.33. The molecule has 2 aromatic carbocycles. The van der Waals surface area contributed by atoms with Crippen LogP contribution in [0.3, 0.4) is 0 Å². The van der Waals surface area contributed by atoms with Gasteiger partial charge in [-0.2, -0.15) is 0 Å². The van der Waals surface area contributed by atoms with Gasteiger partial charge in [0.15, 0.2) is 17.5 Å². The lowest BCUT2D eigenvalue weighted by Crippen LogP contribution is -2.81. The van der Waals surface area contributed by atoms with Gasteiger partial charge in [0.05, 0.1) is 36.6 Å².